The van der Waals surface area contributed by atoms with Gasteiger partial charge >= 0.3 is 6.61 Å². The number of aromatic nitrogens is 2. The maximum Gasteiger partial charge on any atom is 0.387 e. The number of alkyl halides is 2. The molecule has 0 spiro atoms. The summed E-state index contributed by atoms with van der Waals surface area (Å²) in [5, 5.41) is 0.715. The molecule has 0 fully saturated rings. The number of fused-ring (bicyclic) bond motifs is 2. The van der Waals surface area contributed by atoms with E-state index >= 15 is 0 Å². The number of aryl methyl sites for hydroxylation is 4. The quantitative estimate of drug-likeness (QED) is 0.602. The smallest absolute Gasteiger partial charge is 0.387 e. The summed E-state index contributed by atoms with van der Waals surface area (Å²) < 4.78 is 31.6. The molecule has 0 saturated heterocycles. The second-order valence-electron chi connectivity index (χ2n) is 7.14. The van der Waals surface area contributed by atoms with Gasteiger partial charge in [-0.15, -0.1) is 11.3 Å². The molecule has 1 aliphatic rings. The molecule has 0 unspecified atom stereocenters. The van der Waals surface area contributed by atoms with Crippen LogP contribution in [-0.2, 0) is 6.54 Å². The van der Waals surface area contributed by atoms with E-state index in [-0.39, 0.29) is 11.3 Å². The Hall–Kier alpha value is -2.54. The van der Waals surface area contributed by atoms with E-state index in [1.165, 1.54) is 0 Å². The van der Waals surface area contributed by atoms with Crippen LogP contribution in [0.5, 0.6) is 5.75 Å². The maximum absolute atomic E-state index is 12.9. The molecule has 0 N–H and O–H groups in total. The topological polar surface area (TPSA) is 44.1 Å². The van der Waals surface area contributed by atoms with Gasteiger partial charge < -0.3 is 4.74 Å². The molecular formula is C21H20F2N2O2S. The van der Waals surface area contributed by atoms with Crippen molar-refractivity contribution in [3.63, 3.8) is 0 Å². The van der Waals surface area contributed by atoms with Gasteiger partial charge in [0.25, 0.3) is 5.56 Å². The molecular weight excluding hydrogens is 382 g/mol. The van der Waals surface area contributed by atoms with Gasteiger partial charge in [0.2, 0.25) is 0 Å². The van der Waals surface area contributed by atoms with Crippen molar-refractivity contribution in [2.45, 2.75) is 47.3 Å². The van der Waals surface area contributed by atoms with Gasteiger partial charge in [-0.3, -0.25) is 9.36 Å². The Kier molecular flexibility index (Phi) is 4.57. The average molecular weight is 402 g/mol. The second kappa shape index (κ2) is 6.81. The minimum absolute atomic E-state index is 0.0123. The molecule has 7 heteroatoms. The third-order valence-electron chi connectivity index (χ3n) is 5.21. The van der Waals surface area contributed by atoms with Crippen LogP contribution in [0.4, 0.5) is 8.78 Å². The van der Waals surface area contributed by atoms with Crippen LogP contribution < -0.4 is 10.3 Å². The number of nitrogens with zero attached hydrogens (tertiary/aromatic N) is 2. The largest absolute Gasteiger partial charge is 0.434 e. The van der Waals surface area contributed by atoms with E-state index in [0.29, 0.717) is 35.3 Å². The second-order valence-corrected chi connectivity index (χ2v) is 8.34. The SMILES string of the molecule is Cc1cc(/C=C2/CCn3c2nc2sc(C)c(C)c2c3=O)cc(C)c1OC(F)F. The molecule has 3 heterocycles. The fraction of sp³-hybridized carbons (Fsp3) is 0.333. The highest BCUT2D eigenvalue weighted by Gasteiger charge is 2.23. The Labute approximate surface area is 165 Å². The van der Waals surface area contributed by atoms with Gasteiger partial charge in [-0.25, -0.2) is 4.98 Å². The van der Waals surface area contributed by atoms with E-state index in [1.807, 2.05) is 32.1 Å². The number of allylic oxidation sites excluding steroid dienone is 1. The lowest BCUT2D eigenvalue weighted by Gasteiger charge is -2.12. The van der Waals surface area contributed by atoms with E-state index < -0.39 is 6.61 Å². The Bertz CT molecular complexity index is 1170. The van der Waals surface area contributed by atoms with Gasteiger partial charge in [0.15, 0.2) is 0 Å². The van der Waals surface area contributed by atoms with Gasteiger partial charge in [-0.1, -0.05) is 0 Å². The Morgan fingerprint density at radius 3 is 2.54 bits per heavy atom. The standard InChI is InChI=1S/C21H20F2N2O2S/c1-10-7-14(8-11(2)17(10)27-21(22)23)9-15-5-6-25-18(15)24-19-16(20(25)26)12(3)13(4)28-19/h7-9,21H,5-6H2,1-4H3/b15-9-. The molecule has 0 saturated carbocycles. The van der Waals surface area contributed by atoms with Gasteiger partial charge in [-0.2, -0.15) is 8.78 Å². The van der Waals surface area contributed by atoms with Crippen molar-refractivity contribution in [3.05, 3.63) is 55.4 Å². The summed E-state index contributed by atoms with van der Waals surface area (Å²) in [6.07, 6.45) is 2.70. The third-order valence-corrected chi connectivity index (χ3v) is 6.31. The van der Waals surface area contributed by atoms with Gasteiger partial charge in [0.1, 0.15) is 16.4 Å². The summed E-state index contributed by atoms with van der Waals surface area (Å²) in [6, 6.07) is 3.63. The number of hydrogen-bond acceptors (Lipinski definition) is 4. The first-order valence-corrected chi connectivity index (χ1v) is 9.85. The molecule has 1 aromatic carbocycles. The predicted octanol–water partition coefficient (Wildman–Crippen LogP) is 5.24. The van der Waals surface area contributed by atoms with Crippen LogP contribution in [0.3, 0.4) is 0 Å². The molecule has 0 amide bonds. The zero-order valence-corrected chi connectivity index (χ0v) is 16.9. The van der Waals surface area contributed by atoms with Crippen LogP contribution in [0.15, 0.2) is 16.9 Å². The summed E-state index contributed by atoms with van der Waals surface area (Å²) in [6.45, 7) is 5.21. The third kappa shape index (κ3) is 3.03. The molecule has 3 aromatic rings. The lowest BCUT2D eigenvalue weighted by molar-refractivity contribution is -0.0507. The van der Waals surface area contributed by atoms with Crippen molar-refractivity contribution in [3.8, 4) is 5.75 Å². The monoisotopic (exact) mass is 402 g/mol. The first kappa shape index (κ1) is 18.8. The summed E-state index contributed by atoms with van der Waals surface area (Å²) in [5.74, 6) is 0.909. The Morgan fingerprint density at radius 1 is 1.21 bits per heavy atom. The van der Waals surface area contributed by atoms with Gasteiger partial charge in [0.05, 0.1) is 5.39 Å². The predicted molar refractivity (Wildman–Crippen MR) is 108 cm³/mol. The van der Waals surface area contributed by atoms with Crippen molar-refractivity contribution in [2.75, 3.05) is 0 Å². The fourth-order valence-electron chi connectivity index (χ4n) is 3.80. The normalized spacial score (nSPS) is 15.0. The highest BCUT2D eigenvalue weighted by Crippen LogP contribution is 2.33. The summed E-state index contributed by atoms with van der Waals surface area (Å²) in [5.41, 5.74) is 4.17. The van der Waals surface area contributed by atoms with Gasteiger partial charge in [0, 0.05) is 11.4 Å². The van der Waals surface area contributed by atoms with E-state index in [2.05, 4.69) is 4.74 Å². The minimum Gasteiger partial charge on any atom is -0.434 e. The molecule has 4 nitrogen and oxygen atoms in total. The number of thiophene rings is 1. The van der Waals surface area contributed by atoms with E-state index in [9.17, 15) is 13.6 Å². The first-order valence-electron chi connectivity index (χ1n) is 9.03. The van der Waals surface area contributed by atoms with E-state index in [1.54, 1.807) is 29.8 Å². The first-order chi connectivity index (χ1) is 13.3. The van der Waals surface area contributed by atoms with Crippen LogP contribution in [0.2, 0.25) is 0 Å². The summed E-state index contributed by atoms with van der Waals surface area (Å²) in [4.78, 5) is 19.6. The van der Waals surface area contributed by atoms with Crippen LogP contribution in [0, 0.1) is 27.7 Å². The van der Waals surface area contributed by atoms with Crippen LogP contribution in [-0.4, -0.2) is 16.2 Å². The lowest BCUT2D eigenvalue weighted by Crippen LogP contribution is -2.20. The molecule has 4 rings (SSSR count). The minimum atomic E-state index is -2.85. The highest BCUT2D eigenvalue weighted by atomic mass is 32.1. The number of rotatable bonds is 3. The zero-order valence-electron chi connectivity index (χ0n) is 16.1. The summed E-state index contributed by atoms with van der Waals surface area (Å²) in [7, 11) is 0. The average Bonchev–Trinajstić information content (AvgIpc) is 3.13. The van der Waals surface area contributed by atoms with Crippen molar-refractivity contribution in [1.29, 1.82) is 0 Å². The van der Waals surface area contributed by atoms with Crippen LogP contribution in [0.25, 0.3) is 21.9 Å². The number of hydrogen-bond donors (Lipinski definition) is 0. The number of ether oxygens (including phenoxy) is 1. The van der Waals surface area contributed by atoms with E-state index in [0.717, 1.165) is 26.4 Å². The van der Waals surface area contributed by atoms with E-state index in [4.69, 9.17) is 4.98 Å². The molecule has 0 aliphatic carbocycles. The summed E-state index contributed by atoms with van der Waals surface area (Å²) >= 11 is 1.54. The van der Waals surface area contributed by atoms with Crippen molar-refractivity contribution in [1.82, 2.24) is 9.55 Å². The van der Waals surface area contributed by atoms with Crippen molar-refractivity contribution >= 4 is 33.2 Å². The molecule has 1 aliphatic heterocycles. The fourth-order valence-corrected chi connectivity index (χ4v) is 4.82. The number of halogens is 2. The van der Waals surface area contributed by atoms with Gasteiger partial charge in [-0.05, 0) is 80.2 Å². The van der Waals surface area contributed by atoms with Crippen LogP contribution >= 0.6 is 11.3 Å². The van der Waals surface area contributed by atoms with Crippen molar-refractivity contribution in [2.24, 2.45) is 0 Å². The zero-order chi connectivity index (χ0) is 20.2. The maximum atomic E-state index is 12.9. The highest BCUT2D eigenvalue weighted by molar-refractivity contribution is 7.18. The lowest BCUT2D eigenvalue weighted by atomic mass is 10.0. The van der Waals surface area contributed by atoms with Crippen molar-refractivity contribution < 1.29 is 13.5 Å². The molecule has 0 bridgehead atoms. The molecule has 0 radical (unpaired) electrons. The molecule has 146 valence electrons. The molecule has 28 heavy (non-hydrogen) atoms. The van der Waals surface area contributed by atoms with Crippen LogP contribution in [0.1, 0.15) is 39.4 Å². The molecule has 2 aromatic heterocycles. The Balaban J connectivity index is 1.80. The Morgan fingerprint density at radius 2 is 1.89 bits per heavy atom. The molecule has 0 atom stereocenters. The number of benzene rings is 1.